The van der Waals surface area contributed by atoms with Crippen LogP contribution >= 0.6 is 0 Å². The lowest BCUT2D eigenvalue weighted by atomic mass is 10.0. The molecule has 0 amide bonds. The summed E-state index contributed by atoms with van der Waals surface area (Å²) in [7, 11) is 1.67. The highest BCUT2D eigenvalue weighted by Crippen LogP contribution is 2.35. The minimum atomic E-state index is -0.258. The second-order valence-corrected chi connectivity index (χ2v) is 4.64. The van der Waals surface area contributed by atoms with E-state index in [-0.39, 0.29) is 24.7 Å². The van der Waals surface area contributed by atoms with E-state index in [1.807, 2.05) is 0 Å². The third-order valence-electron chi connectivity index (χ3n) is 3.78. The van der Waals surface area contributed by atoms with Gasteiger partial charge in [-0.1, -0.05) is 0 Å². The highest BCUT2D eigenvalue weighted by molar-refractivity contribution is 4.96. The van der Waals surface area contributed by atoms with Crippen molar-refractivity contribution in [2.75, 3.05) is 26.9 Å². The second kappa shape index (κ2) is 4.23. The molecule has 0 spiro atoms. The Morgan fingerprint density at radius 2 is 2.12 bits per heavy atom. The van der Waals surface area contributed by atoms with Gasteiger partial charge in [0.15, 0.2) is 12.5 Å². The van der Waals surface area contributed by atoms with Gasteiger partial charge in [0.1, 0.15) is 6.10 Å². The molecule has 0 aliphatic carbocycles. The van der Waals surface area contributed by atoms with E-state index in [2.05, 4.69) is 11.8 Å². The lowest BCUT2D eigenvalue weighted by Crippen LogP contribution is -2.53. The minimum Gasteiger partial charge on any atom is -0.376 e. The van der Waals surface area contributed by atoms with Gasteiger partial charge in [0.25, 0.3) is 0 Å². The van der Waals surface area contributed by atoms with Crippen molar-refractivity contribution < 1.29 is 18.9 Å². The summed E-state index contributed by atoms with van der Waals surface area (Å²) >= 11 is 0. The van der Waals surface area contributed by atoms with Gasteiger partial charge in [0, 0.05) is 26.3 Å². The Bertz CT molecular complexity index is 262. The largest absolute Gasteiger partial charge is 0.376 e. The first-order chi connectivity index (χ1) is 7.81. The van der Waals surface area contributed by atoms with E-state index in [1.165, 1.54) is 0 Å². The Morgan fingerprint density at radius 3 is 2.94 bits per heavy atom. The molecule has 3 rings (SSSR count). The fourth-order valence-corrected chi connectivity index (χ4v) is 2.98. The van der Waals surface area contributed by atoms with Crippen LogP contribution in [0.1, 0.15) is 13.3 Å². The molecule has 0 aromatic rings. The van der Waals surface area contributed by atoms with Gasteiger partial charge < -0.3 is 18.9 Å². The molecule has 5 heteroatoms. The molecule has 3 fully saturated rings. The smallest absolute Gasteiger partial charge is 0.197 e. The van der Waals surface area contributed by atoms with Crippen LogP contribution in [0, 0.1) is 0 Å². The molecular weight excluding hydrogens is 210 g/mol. The zero-order valence-corrected chi connectivity index (χ0v) is 9.80. The topological polar surface area (TPSA) is 40.2 Å². The first kappa shape index (κ1) is 10.9. The third-order valence-corrected chi connectivity index (χ3v) is 3.78. The van der Waals surface area contributed by atoms with Crippen LogP contribution in [0.2, 0.25) is 0 Å². The van der Waals surface area contributed by atoms with E-state index >= 15 is 0 Å². The predicted molar refractivity (Wildman–Crippen MR) is 55.9 cm³/mol. The highest BCUT2D eigenvalue weighted by Gasteiger charge is 2.51. The van der Waals surface area contributed by atoms with Crippen LogP contribution in [0.25, 0.3) is 0 Å². The SMILES string of the molecule is COC1OCCN2C3CCOC(C)[C@H]3O[C@H]12. The quantitative estimate of drug-likeness (QED) is 0.642. The number of methoxy groups -OCH3 is 1. The summed E-state index contributed by atoms with van der Waals surface area (Å²) in [4.78, 5) is 2.38. The highest BCUT2D eigenvalue weighted by atomic mass is 16.7. The number of fused-ring (bicyclic) bond motifs is 3. The Kier molecular flexibility index (Phi) is 2.89. The molecule has 3 unspecified atom stereocenters. The Morgan fingerprint density at radius 1 is 1.25 bits per heavy atom. The maximum absolute atomic E-state index is 6.04. The number of rotatable bonds is 1. The van der Waals surface area contributed by atoms with Gasteiger partial charge in [0.2, 0.25) is 0 Å². The number of hydrogen-bond acceptors (Lipinski definition) is 5. The van der Waals surface area contributed by atoms with Crippen molar-refractivity contribution in [3.8, 4) is 0 Å². The van der Waals surface area contributed by atoms with Crippen LogP contribution in [0.3, 0.4) is 0 Å². The molecule has 0 N–H and O–H groups in total. The summed E-state index contributed by atoms with van der Waals surface area (Å²) in [6.45, 7) is 4.56. The molecule has 3 aliphatic heterocycles. The molecule has 0 saturated carbocycles. The Hall–Kier alpha value is -0.200. The van der Waals surface area contributed by atoms with Crippen molar-refractivity contribution in [3.63, 3.8) is 0 Å². The molecule has 3 saturated heterocycles. The third kappa shape index (κ3) is 1.58. The van der Waals surface area contributed by atoms with Crippen LogP contribution in [-0.4, -0.2) is 62.5 Å². The second-order valence-electron chi connectivity index (χ2n) is 4.64. The number of ether oxygens (including phenoxy) is 4. The lowest BCUT2D eigenvalue weighted by molar-refractivity contribution is -0.246. The number of hydrogen-bond donors (Lipinski definition) is 0. The monoisotopic (exact) mass is 229 g/mol. The summed E-state index contributed by atoms with van der Waals surface area (Å²) in [6, 6.07) is 0.468. The molecule has 0 radical (unpaired) electrons. The van der Waals surface area contributed by atoms with Crippen molar-refractivity contribution in [1.82, 2.24) is 4.90 Å². The summed E-state index contributed by atoms with van der Waals surface area (Å²) in [5.41, 5.74) is 0. The van der Waals surface area contributed by atoms with Crippen molar-refractivity contribution in [2.45, 2.75) is 44.1 Å². The molecule has 0 bridgehead atoms. The van der Waals surface area contributed by atoms with Gasteiger partial charge in [-0.25, -0.2) is 0 Å². The van der Waals surface area contributed by atoms with Crippen molar-refractivity contribution >= 4 is 0 Å². The summed E-state index contributed by atoms with van der Waals surface area (Å²) in [6.07, 6.45) is 1.06. The fourth-order valence-electron chi connectivity index (χ4n) is 2.98. The summed E-state index contributed by atoms with van der Waals surface area (Å²) in [5, 5.41) is 0. The predicted octanol–water partition coefficient (Wildman–Crippen LogP) is 0.193. The van der Waals surface area contributed by atoms with Gasteiger partial charge in [-0.05, 0) is 13.3 Å². The van der Waals surface area contributed by atoms with E-state index in [1.54, 1.807) is 7.11 Å². The molecule has 5 atom stereocenters. The van der Waals surface area contributed by atoms with E-state index in [9.17, 15) is 0 Å². The molecule has 5 nitrogen and oxygen atoms in total. The maximum atomic E-state index is 6.04. The molecule has 16 heavy (non-hydrogen) atoms. The Labute approximate surface area is 95.6 Å². The van der Waals surface area contributed by atoms with E-state index in [4.69, 9.17) is 18.9 Å². The van der Waals surface area contributed by atoms with E-state index < -0.39 is 0 Å². The van der Waals surface area contributed by atoms with Crippen LogP contribution in [0.5, 0.6) is 0 Å². The van der Waals surface area contributed by atoms with Crippen LogP contribution in [0.15, 0.2) is 0 Å². The van der Waals surface area contributed by atoms with Crippen LogP contribution < -0.4 is 0 Å². The molecule has 92 valence electrons. The standard InChI is InChI=1S/C11H19NO4/c1-7-9-8(3-5-14-7)12-4-6-15-11(13-2)10(12)16-9/h7-11H,3-6H2,1-2H3/t7?,8?,9-,10-,11?/m1/s1. The Balaban J connectivity index is 1.79. The van der Waals surface area contributed by atoms with Crippen LogP contribution in [0.4, 0.5) is 0 Å². The maximum Gasteiger partial charge on any atom is 0.197 e. The summed E-state index contributed by atoms with van der Waals surface area (Å²) < 4.78 is 22.5. The fraction of sp³-hybridized carbons (Fsp3) is 1.00. The van der Waals surface area contributed by atoms with E-state index in [0.29, 0.717) is 6.04 Å². The normalized spacial score (nSPS) is 48.8. The van der Waals surface area contributed by atoms with Gasteiger partial charge in [-0.3, -0.25) is 4.90 Å². The van der Waals surface area contributed by atoms with Crippen molar-refractivity contribution in [3.05, 3.63) is 0 Å². The van der Waals surface area contributed by atoms with Gasteiger partial charge in [-0.2, -0.15) is 0 Å². The van der Waals surface area contributed by atoms with Gasteiger partial charge in [0.05, 0.1) is 12.7 Å². The van der Waals surface area contributed by atoms with Crippen LogP contribution in [-0.2, 0) is 18.9 Å². The van der Waals surface area contributed by atoms with Crippen molar-refractivity contribution in [1.29, 1.82) is 0 Å². The van der Waals surface area contributed by atoms with Gasteiger partial charge in [-0.15, -0.1) is 0 Å². The molecular formula is C11H19NO4. The van der Waals surface area contributed by atoms with Gasteiger partial charge >= 0.3 is 0 Å². The summed E-state index contributed by atoms with van der Waals surface area (Å²) in [5.74, 6) is 0. The first-order valence-corrected chi connectivity index (χ1v) is 5.98. The number of nitrogens with zero attached hydrogens (tertiary/aromatic N) is 1. The first-order valence-electron chi connectivity index (χ1n) is 5.98. The molecule has 3 heterocycles. The minimum absolute atomic E-state index is 0.0575. The molecule has 0 aromatic carbocycles. The molecule has 0 aromatic heterocycles. The zero-order valence-electron chi connectivity index (χ0n) is 9.80. The van der Waals surface area contributed by atoms with E-state index in [0.717, 1.165) is 26.2 Å². The number of morpholine rings is 1. The molecule has 3 aliphatic rings. The lowest BCUT2D eigenvalue weighted by Gasteiger charge is -2.37. The average molecular weight is 229 g/mol. The van der Waals surface area contributed by atoms with Crippen molar-refractivity contribution in [2.24, 2.45) is 0 Å². The zero-order chi connectivity index (χ0) is 11.1. The average Bonchev–Trinajstić information content (AvgIpc) is 2.69.